The molecule has 0 aliphatic heterocycles. The molecule has 0 spiro atoms. The number of amides is 1. The van der Waals surface area contributed by atoms with Gasteiger partial charge in [0.1, 0.15) is 6.33 Å². The van der Waals surface area contributed by atoms with E-state index in [4.69, 9.17) is 5.14 Å². The molecule has 134 valence electrons. The van der Waals surface area contributed by atoms with Gasteiger partial charge in [-0.05, 0) is 49.2 Å². The fourth-order valence-electron chi connectivity index (χ4n) is 2.29. The van der Waals surface area contributed by atoms with Crippen LogP contribution in [0.15, 0.2) is 47.9 Å². The number of aryl methyl sites for hydroxylation is 1. The SMILES string of the molecule is Cc1cc(S(N)(=O)=O)cc(NC(=O)c2ccc(-n3ccnc3)nn2)c1C. The van der Waals surface area contributed by atoms with Crippen LogP contribution in [0.2, 0.25) is 0 Å². The smallest absolute Gasteiger partial charge is 0.276 e. The summed E-state index contributed by atoms with van der Waals surface area (Å²) >= 11 is 0. The van der Waals surface area contributed by atoms with Crippen molar-refractivity contribution in [3.63, 3.8) is 0 Å². The molecule has 0 aliphatic rings. The summed E-state index contributed by atoms with van der Waals surface area (Å²) < 4.78 is 24.8. The highest BCUT2D eigenvalue weighted by atomic mass is 32.2. The maximum atomic E-state index is 12.4. The van der Waals surface area contributed by atoms with Crippen LogP contribution in [0.4, 0.5) is 5.69 Å². The Bertz CT molecular complexity index is 1060. The van der Waals surface area contributed by atoms with E-state index in [2.05, 4.69) is 20.5 Å². The topological polar surface area (TPSA) is 133 Å². The number of hydrogen-bond donors (Lipinski definition) is 2. The van der Waals surface area contributed by atoms with Crippen LogP contribution in [0, 0.1) is 13.8 Å². The van der Waals surface area contributed by atoms with E-state index < -0.39 is 15.9 Å². The van der Waals surface area contributed by atoms with Crippen molar-refractivity contribution in [1.82, 2.24) is 19.7 Å². The molecule has 0 saturated heterocycles. The van der Waals surface area contributed by atoms with Gasteiger partial charge in [0.15, 0.2) is 11.5 Å². The molecule has 9 nitrogen and oxygen atoms in total. The van der Waals surface area contributed by atoms with Crippen molar-refractivity contribution in [2.24, 2.45) is 5.14 Å². The number of nitrogens with one attached hydrogen (secondary N) is 1. The third kappa shape index (κ3) is 3.60. The molecular formula is C16H16N6O3S. The molecule has 0 unspecified atom stereocenters. The van der Waals surface area contributed by atoms with Crippen molar-refractivity contribution in [3.05, 3.63) is 59.8 Å². The molecule has 0 fully saturated rings. The fraction of sp³-hybridized carbons (Fsp3) is 0.125. The Balaban J connectivity index is 1.87. The molecule has 0 saturated carbocycles. The number of carbonyl (C=O) groups excluding carboxylic acids is 1. The molecule has 2 aromatic heterocycles. The Morgan fingerprint density at radius 3 is 2.54 bits per heavy atom. The Kier molecular flexibility index (Phi) is 4.53. The molecule has 2 heterocycles. The number of sulfonamides is 1. The molecule has 1 amide bonds. The number of hydrogen-bond acceptors (Lipinski definition) is 6. The van der Waals surface area contributed by atoms with Crippen molar-refractivity contribution in [1.29, 1.82) is 0 Å². The summed E-state index contributed by atoms with van der Waals surface area (Å²) in [6.45, 7) is 3.51. The lowest BCUT2D eigenvalue weighted by molar-refractivity contribution is 0.102. The van der Waals surface area contributed by atoms with Crippen molar-refractivity contribution < 1.29 is 13.2 Å². The van der Waals surface area contributed by atoms with Crippen molar-refractivity contribution in [2.75, 3.05) is 5.32 Å². The third-order valence-electron chi connectivity index (χ3n) is 3.87. The van der Waals surface area contributed by atoms with Gasteiger partial charge in [-0.15, -0.1) is 10.2 Å². The first-order valence-corrected chi connectivity index (χ1v) is 9.08. The predicted molar refractivity (Wildman–Crippen MR) is 94.4 cm³/mol. The highest BCUT2D eigenvalue weighted by Crippen LogP contribution is 2.24. The van der Waals surface area contributed by atoms with Gasteiger partial charge >= 0.3 is 0 Å². The number of nitrogens with two attached hydrogens (primary N) is 1. The van der Waals surface area contributed by atoms with Gasteiger partial charge in [0, 0.05) is 18.1 Å². The maximum Gasteiger partial charge on any atom is 0.276 e. The average Bonchev–Trinajstić information content (AvgIpc) is 3.12. The van der Waals surface area contributed by atoms with Crippen LogP contribution in [0.25, 0.3) is 5.82 Å². The lowest BCUT2D eigenvalue weighted by Crippen LogP contribution is -2.18. The zero-order valence-electron chi connectivity index (χ0n) is 14.0. The first kappa shape index (κ1) is 17.7. The molecule has 0 bridgehead atoms. The number of carbonyl (C=O) groups is 1. The first-order chi connectivity index (χ1) is 12.3. The second-order valence-corrected chi connectivity index (χ2v) is 7.22. The molecule has 0 aliphatic carbocycles. The number of nitrogens with zero attached hydrogens (tertiary/aromatic N) is 4. The molecule has 3 N–H and O–H groups in total. The Labute approximate surface area is 149 Å². The van der Waals surface area contributed by atoms with Gasteiger partial charge in [0.25, 0.3) is 5.91 Å². The van der Waals surface area contributed by atoms with Crippen molar-refractivity contribution in [2.45, 2.75) is 18.7 Å². The quantitative estimate of drug-likeness (QED) is 0.706. The van der Waals surface area contributed by atoms with Crippen molar-refractivity contribution >= 4 is 21.6 Å². The molecule has 3 rings (SSSR count). The monoisotopic (exact) mass is 372 g/mol. The van der Waals surface area contributed by atoms with Gasteiger partial charge < -0.3 is 5.32 Å². The summed E-state index contributed by atoms with van der Waals surface area (Å²) in [4.78, 5) is 16.3. The van der Waals surface area contributed by atoms with Gasteiger partial charge in [-0.1, -0.05) is 0 Å². The minimum absolute atomic E-state index is 0.0718. The van der Waals surface area contributed by atoms with Gasteiger partial charge in [-0.2, -0.15) is 0 Å². The summed E-state index contributed by atoms with van der Waals surface area (Å²) in [5.74, 6) is 0.00560. The van der Waals surface area contributed by atoms with Gasteiger partial charge in [0.2, 0.25) is 10.0 Å². The van der Waals surface area contributed by atoms with Crippen LogP contribution in [0.5, 0.6) is 0 Å². The van der Waals surface area contributed by atoms with E-state index in [-0.39, 0.29) is 10.6 Å². The van der Waals surface area contributed by atoms with Crippen LogP contribution in [0.1, 0.15) is 21.6 Å². The van der Waals surface area contributed by atoms with E-state index >= 15 is 0 Å². The lowest BCUT2D eigenvalue weighted by Gasteiger charge is -2.12. The standard InChI is InChI=1S/C16H16N6O3S/c1-10-7-12(26(17,24)25)8-14(11(10)2)19-16(23)13-3-4-15(21-20-13)22-6-5-18-9-22/h3-9H,1-2H3,(H,19,23)(H2,17,24,25). The van der Waals surface area contributed by atoms with E-state index in [0.29, 0.717) is 17.1 Å². The van der Waals surface area contributed by atoms with Crippen LogP contribution >= 0.6 is 0 Å². The zero-order valence-corrected chi connectivity index (χ0v) is 14.9. The molecule has 3 aromatic rings. The molecule has 1 aromatic carbocycles. The molecule has 0 radical (unpaired) electrons. The van der Waals surface area contributed by atoms with Crippen LogP contribution in [-0.4, -0.2) is 34.1 Å². The first-order valence-electron chi connectivity index (χ1n) is 7.53. The second kappa shape index (κ2) is 6.65. The van der Waals surface area contributed by atoms with E-state index in [0.717, 1.165) is 5.56 Å². The number of aromatic nitrogens is 4. The van der Waals surface area contributed by atoms with Gasteiger partial charge in [0.05, 0.1) is 4.90 Å². The number of anilines is 1. The van der Waals surface area contributed by atoms with Crippen LogP contribution in [0.3, 0.4) is 0 Å². The summed E-state index contributed by atoms with van der Waals surface area (Å²) in [7, 11) is -3.88. The highest BCUT2D eigenvalue weighted by Gasteiger charge is 2.16. The minimum atomic E-state index is -3.88. The molecule has 0 atom stereocenters. The number of rotatable bonds is 4. The Morgan fingerprint density at radius 1 is 1.19 bits per heavy atom. The Morgan fingerprint density at radius 2 is 1.96 bits per heavy atom. The third-order valence-corrected chi connectivity index (χ3v) is 4.76. The predicted octanol–water partition coefficient (Wildman–Crippen LogP) is 1.18. The molecule has 10 heteroatoms. The minimum Gasteiger partial charge on any atom is -0.320 e. The van der Waals surface area contributed by atoms with Gasteiger partial charge in [-0.25, -0.2) is 18.5 Å². The number of primary sulfonamides is 1. The van der Waals surface area contributed by atoms with Crippen LogP contribution in [-0.2, 0) is 10.0 Å². The van der Waals surface area contributed by atoms with E-state index in [1.54, 1.807) is 43.2 Å². The summed E-state index contributed by atoms with van der Waals surface area (Å²) in [6, 6.07) is 5.93. The normalized spacial score (nSPS) is 11.3. The van der Waals surface area contributed by atoms with E-state index in [1.807, 2.05) is 0 Å². The summed E-state index contributed by atoms with van der Waals surface area (Å²) in [5, 5.41) is 15.7. The largest absolute Gasteiger partial charge is 0.320 e. The number of imidazole rings is 1. The lowest BCUT2D eigenvalue weighted by atomic mass is 10.1. The van der Waals surface area contributed by atoms with E-state index in [1.165, 1.54) is 18.2 Å². The second-order valence-electron chi connectivity index (χ2n) is 5.66. The molecular weight excluding hydrogens is 356 g/mol. The highest BCUT2D eigenvalue weighted by molar-refractivity contribution is 7.89. The fourth-order valence-corrected chi connectivity index (χ4v) is 2.91. The van der Waals surface area contributed by atoms with E-state index in [9.17, 15) is 13.2 Å². The Hall–Kier alpha value is -3.11. The average molecular weight is 372 g/mol. The summed E-state index contributed by atoms with van der Waals surface area (Å²) in [5.41, 5.74) is 1.86. The van der Waals surface area contributed by atoms with Gasteiger partial charge in [-0.3, -0.25) is 9.36 Å². The maximum absolute atomic E-state index is 12.4. The zero-order chi connectivity index (χ0) is 18.9. The molecule has 26 heavy (non-hydrogen) atoms. The summed E-state index contributed by atoms with van der Waals surface area (Å²) in [6.07, 6.45) is 4.87. The van der Waals surface area contributed by atoms with Crippen LogP contribution < -0.4 is 10.5 Å². The van der Waals surface area contributed by atoms with Crippen molar-refractivity contribution in [3.8, 4) is 5.82 Å². The number of benzene rings is 1.